The van der Waals surface area contributed by atoms with Gasteiger partial charge in [0.2, 0.25) is 0 Å². The Kier molecular flexibility index (Phi) is 6.12. The average molecular weight is 453 g/mol. The summed E-state index contributed by atoms with van der Waals surface area (Å²) in [5, 5.41) is 4.92. The standard InChI is InChI=1S/C20H25BrN2O5/c1-5-27-19(25)28-17-16(15-12(2)10-14(21)11-13(15)3)18(24)22-20(17)6-8-23(26-4)9-7-20/h10-11H,5-9H2,1-4H3,(H,22,24). The maximum atomic E-state index is 13.1. The maximum Gasteiger partial charge on any atom is 0.513 e. The lowest BCUT2D eigenvalue weighted by molar-refractivity contribution is -0.152. The zero-order chi connectivity index (χ0) is 20.5. The molecule has 0 aromatic heterocycles. The summed E-state index contributed by atoms with van der Waals surface area (Å²) in [4.78, 5) is 30.6. The van der Waals surface area contributed by atoms with Gasteiger partial charge >= 0.3 is 6.16 Å². The first-order chi connectivity index (χ1) is 13.3. The molecule has 0 radical (unpaired) electrons. The number of hydroxylamine groups is 2. The molecule has 0 unspecified atom stereocenters. The summed E-state index contributed by atoms with van der Waals surface area (Å²) < 4.78 is 11.6. The minimum absolute atomic E-state index is 0.198. The fourth-order valence-electron chi connectivity index (χ4n) is 3.99. The molecule has 8 heteroatoms. The van der Waals surface area contributed by atoms with Gasteiger partial charge in [0.1, 0.15) is 5.54 Å². The number of halogens is 1. The number of piperidine rings is 1. The van der Waals surface area contributed by atoms with E-state index in [2.05, 4.69) is 21.2 Å². The van der Waals surface area contributed by atoms with Gasteiger partial charge in [-0.05, 0) is 62.4 Å². The highest BCUT2D eigenvalue weighted by atomic mass is 79.9. The number of amides is 1. The summed E-state index contributed by atoms with van der Waals surface area (Å²) in [6, 6.07) is 3.90. The van der Waals surface area contributed by atoms with E-state index in [0.29, 0.717) is 37.3 Å². The smallest absolute Gasteiger partial charge is 0.434 e. The molecule has 0 atom stereocenters. The van der Waals surface area contributed by atoms with E-state index in [9.17, 15) is 9.59 Å². The number of rotatable bonds is 4. The van der Waals surface area contributed by atoms with Crippen molar-refractivity contribution in [3.63, 3.8) is 0 Å². The molecule has 0 aliphatic carbocycles. The molecule has 28 heavy (non-hydrogen) atoms. The van der Waals surface area contributed by atoms with Crippen LogP contribution in [0, 0.1) is 13.8 Å². The predicted molar refractivity (Wildman–Crippen MR) is 107 cm³/mol. The summed E-state index contributed by atoms with van der Waals surface area (Å²) in [5.74, 6) is 0.110. The van der Waals surface area contributed by atoms with Gasteiger partial charge in [-0.1, -0.05) is 15.9 Å². The Morgan fingerprint density at radius 2 is 1.86 bits per heavy atom. The van der Waals surface area contributed by atoms with Gasteiger partial charge in [0.05, 0.1) is 19.3 Å². The van der Waals surface area contributed by atoms with Crippen LogP contribution in [0.2, 0.25) is 0 Å². The molecule has 1 amide bonds. The zero-order valence-corrected chi connectivity index (χ0v) is 18.1. The first kappa shape index (κ1) is 20.8. The van der Waals surface area contributed by atoms with E-state index in [-0.39, 0.29) is 12.5 Å². The lowest BCUT2D eigenvalue weighted by Crippen LogP contribution is -2.53. The first-order valence-corrected chi connectivity index (χ1v) is 10.1. The van der Waals surface area contributed by atoms with Gasteiger partial charge in [-0.25, -0.2) is 4.79 Å². The molecular weight excluding hydrogens is 428 g/mol. The molecule has 152 valence electrons. The first-order valence-electron chi connectivity index (χ1n) is 9.29. The minimum Gasteiger partial charge on any atom is -0.434 e. The van der Waals surface area contributed by atoms with Crippen molar-refractivity contribution in [1.29, 1.82) is 0 Å². The Morgan fingerprint density at radius 1 is 1.25 bits per heavy atom. The monoisotopic (exact) mass is 452 g/mol. The molecule has 1 N–H and O–H groups in total. The van der Waals surface area contributed by atoms with Crippen molar-refractivity contribution in [3.8, 4) is 0 Å². The van der Waals surface area contributed by atoms with Crippen LogP contribution in [0.5, 0.6) is 0 Å². The molecule has 3 rings (SSSR count). The average Bonchev–Trinajstić information content (AvgIpc) is 2.87. The third kappa shape index (κ3) is 3.81. The molecule has 1 saturated heterocycles. The van der Waals surface area contributed by atoms with Crippen LogP contribution in [0.4, 0.5) is 4.79 Å². The Morgan fingerprint density at radius 3 is 2.39 bits per heavy atom. The summed E-state index contributed by atoms with van der Waals surface area (Å²) in [6.45, 7) is 7.01. The number of nitrogens with one attached hydrogen (secondary N) is 1. The van der Waals surface area contributed by atoms with Crippen molar-refractivity contribution in [2.75, 3.05) is 26.8 Å². The van der Waals surface area contributed by atoms with Crippen LogP contribution in [0.3, 0.4) is 0 Å². The fraction of sp³-hybridized carbons (Fsp3) is 0.500. The van der Waals surface area contributed by atoms with Crippen molar-refractivity contribution in [2.24, 2.45) is 0 Å². The van der Waals surface area contributed by atoms with Crippen LogP contribution in [-0.4, -0.2) is 49.5 Å². The van der Waals surface area contributed by atoms with Crippen molar-refractivity contribution >= 4 is 33.6 Å². The number of carbonyl (C=O) groups is 2. The molecule has 2 aliphatic rings. The highest BCUT2D eigenvalue weighted by molar-refractivity contribution is 9.10. The summed E-state index contributed by atoms with van der Waals surface area (Å²) in [5.41, 5.74) is 2.29. The second-order valence-corrected chi connectivity index (χ2v) is 7.97. The highest BCUT2D eigenvalue weighted by Gasteiger charge is 2.50. The lowest BCUT2D eigenvalue weighted by atomic mass is 9.85. The number of hydrogen-bond acceptors (Lipinski definition) is 6. The number of nitrogens with zero attached hydrogens (tertiary/aromatic N) is 1. The molecule has 0 bridgehead atoms. The van der Waals surface area contributed by atoms with Crippen LogP contribution >= 0.6 is 15.9 Å². The predicted octanol–water partition coefficient (Wildman–Crippen LogP) is 3.48. The van der Waals surface area contributed by atoms with Gasteiger partial charge in [-0.15, -0.1) is 0 Å². The Bertz CT molecular complexity index is 805. The Hall–Kier alpha value is -1.90. The SMILES string of the molecule is CCOC(=O)OC1=C(c2c(C)cc(Br)cc2C)C(=O)NC12CCN(OC)CC2. The van der Waals surface area contributed by atoms with E-state index in [1.165, 1.54) is 0 Å². The zero-order valence-electron chi connectivity index (χ0n) is 16.6. The summed E-state index contributed by atoms with van der Waals surface area (Å²) >= 11 is 3.49. The molecule has 1 spiro atoms. The number of benzene rings is 1. The maximum absolute atomic E-state index is 13.1. The van der Waals surface area contributed by atoms with Gasteiger partial charge in [0.15, 0.2) is 5.76 Å². The number of ether oxygens (including phenoxy) is 2. The summed E-state index contributed by atoms with van der Waals surface area (Å²) in [7, 11) is 1.62. The van der Waals surface area contributed by atoms with E-state index in [4.69, 9.17) is 14.3 Å². The third-order valence-corrected chi connectivity index (χ3v) is 5.73. The number of hydrogen-bond donors (Lipinski definition) is 1. The van der Waals surface area contributed by atoms with Gasteiger partial charge in [0.25, 0.3) is 5.91 Å². The molecule has 7 nitrogen and oxygen atoms in total. The van der Waals surface area contributed by atoms with Crippen LogP contribution in [0.15, 0.2) is 22.4 Å². The molecule has 1 aromatic rings. The van der Waals surface area contributed by atoms with Gasteiger partial charge in [-0.3, -0.25) is 4.79 Å². The molecular formula is C20H25BrN2O5. The molecule has 2 aliphatic heterocycles. The molecule has 1 fully saturated rings. The van der Waals surface area contributed by atoms with E-state index >= 15 is 0 Å². The van der Waals surface area contributed by atoms with E-state index in [0.717, 1.165) is 21.2 Å². The second-order valence-electron chi connectivity index (χ2n) is 7.05. The fourth-order valence-corrected chi connectivity index (χ4v) is 4.68. The minimum atomic E-state index is -0.799. The molecule has 2 heterocycles. The third-order valence-electron chi connectivity index (χ3n) is 5.27. The summed E-state index contributed by atoms with van der Waals surface area (Å²) in [6.07, 6.45) is 0.339. The van der Waals surface area contributed by atoms with Crippen LogP contribution in [0.25, 0.3) is 5.57 Å². The highest BCUT2D eigenvalue weighted by Crippen LogP contribution is 2.42. The Balaban J connectivity index is 2.12. The van der Waals surface area contributed by atoms with Crippen LogP contribution in [0.1, 0.15) is 36.5 Å². The van der Waals surface area contributed by atoms with Gasteiger partial charge < -0.3 is 19.6 Å². The largest absolute Gasteiger partial charge is 0.513 e. The Labute approximate surface area is 173 Å². The van der Waals surface area contributed by atoms with E-state index in [1.54, 1.807) is 14.0 Å². The lowest BCUT2D eigenvalue weighted by Gasteiger charge is -2.38. The topological polar surface area (TPSA) is 77.1 Å². The van der Waals surface area contributed by atoms with Crippen LogP contribution in [-0.2, 0) is 19.1 Å². The number of carbonyl (C=O) groups excluding carboxylic acids is 2. The molecule has 0 saturated carbocycles. The second kappa shape index (κ2) is 8.23. The quantitative estimate of drug-likeness (QED) is 0.704. The van der Waals surface area contributed by atoms with E-state index < -0.39 is 11.7 Å². The van der Waals surface area contributed by atoms with Gasteiger partial charge in [-0.2, -0.15) is 5.06 Å². The van der Waals surface area contributed by atoms with Crippen LogP contribution < -0.4 is 5.32 Å². The van der Waals surface area contributed by atoms with Crippen molar-refractivity contribution in [3.05, 3.63) is 39.1 Å². The normalized spacial score (nSPS) is 19.1. The molecule has 1 aromatic carbocycles. The van der Waals surface area contributed by atoms with Gasteiger partial charge in [0, 0.05) is 17.6 Å². The van der Waals surface area contributed by atoms with Crippen molar-refractivity contribution in [2.45, 2.75) is 39.2 Å². The van der Waals surface area contributed by atoms with Crippen molar-refractivity contribution in [1.82, 2.24) is 10.4 Å². The van der Waals surface area contributed by atoms with Crippen molar-refractivity contribution < 1.29 is 23.9 Å². The number of aryl methyl sites for hydroxylation is 2. The van der Waals surface area contributed by atoms with E-state index in [1.807, 2.05) is 31.0 Å².